The lowest BCUT2D eigenvalue weighted by molar-refractivity contribution is 0.370. The van der Waals surface area contributed by atoms with E-state index in [0.29, 0.717) is 0 Å². The molecule has 0 aliphatic carbocycles. The van der Waals surface area contributed by atoms with Crippen LogP contribution in [0.2, 0.25) is 0 Å². The summed E-state index contributed by atoms with van der Waals surface area (Å²) in [7, 11) is -3.97. The summed E-state index contributed by atoms with van der Waals surface area (Å²) in [6, 6.07) is 0. The van der Waals surface area contributed by atoms with Crippen molar-refractivity contribution in [1.29, 1.82) is 0 Å². The zero-order chi connectivity index (χ0) is 16.7. The molecule has 6 aliphatic heterocycles. The van der Waals surface area contributed by atoms with Gasteiger partial charge in [0.2, 0.25) is 21.7 Å². The molecule has 25 heavy (non-hydrogen) atoms. The smallest absolute Gasteiger partial charge is 0.239 e. The number of halogens is 1. The molecule has 0 radical (unpaired) electrons. The van der Waals surface area contributed by atoms with E-state index in [1.807, 2.05) is 0 Å². The van der Waals surface area contributed by atoms with Gasteiger partial charge in [0.1, 0.15) is 0 Å². The first-order chi connectivity index (χ1) is 12.1. The average Bonchev–Trinajstić information content (AvgIpc) is 3.53. The molecule has 0 aromatic rings. The van der Waals surface area contributed by atoms with Crippen LogP contribution in [0.25, 0.3) is 0 Å². The lowest BCUT2D eigenvalue weighted by Gasteiger charge is -2.40. The van der Waals surface area contributed by atoms with E-state index < -0.39 is 21.7 Å². The van der Waals surface area contributed by atoms with Gasteiger partial charge in [0, 0.05) is 65.4 Å². The number of piperidine rings is 1. The molecule has 6 heterocycles. The summed E-state index contributed by atoms with van der Waals surface area (Å²) >= 11 is 7.40. The summed E-state index contributed by atoms with van der Waals surface area (Å²) < 4.78 is 29.0. The van der Waals surface area contributed by atoms with Gasteiger partial charge in [-0.3, -0.25) is 0 Å². The Balaban J connectivity index is 1.58. The van der Waals surface area contributed by atoms with Crippen LogP contribution >= 0.6 is 33.0 Å². The van der Waals surface area contributed by atoms with Gasteiger partial charge in [-0.1, -0.05) is 6.42 Å². The average molecular weight is 423 g/mol. The van der Waals surface area contributed by atoms with E-state index >= 15 is 0 Å². The van der Waals surface area contributed by atoms with Gasteiger partial charge in [0.05, 0.1) is 0 Å². The maximum atomic E-state index is 7.40. The molecular weight excluding hydrogens is 397 g/mol. The van der Waals surface area contributed by atoms with Crippen molar-refractivity contribution in [3.05, 3.63) is 0 Å². The predicted molar refractivity (Wildman–Crippen MR) is 106 cm³/mol. The molecule has 140 valence electrons. The molecule has 0 N–H and O–H groups in total. The Morgan fingerprint density at radius 2 is 0.920 bits per heavy atom. The fourth-order valence-electron chi connectivity index (χ4n) is 3.83. The normalized spacial score (nSPS) is 40.7. The van der Waals surface area contributed by atoms with Crippen LogP contribution in [0.15, 0.2) is 13.5 Å². The number of hydrogen-bond acceptors (Lipinski definition) is 8. The number of hydrogen-bond donors (Lipinski definition) is 0. The molecule has 6 aliphatic rings. The standard InChI is InChI=1S/C13H26ClN8P3/c14-23(18-4-2-1-3-5-18)15-24(19-6-7-19,20-8-9-20)17-25(16-23,21-10-11-21)22-12-13-22/h1-13H2. The van der Waals surface area contributed by atoms with Crippen molar-refractivity contribution in [3.8, 4) is 0 Å². The Labute approximate surface area is 154 Å². The minimum absolute atomic E-state index is 1.06. The van der Waals surface area contributed by atoms with E-state index in [4.69, 9.17) is 24.8 Å². The van der Waals surface area contributed by atoms with E-state index in [0.717, 1.165) is 65.4 Å². The quantitative estimate of drug-likeness (QED) is 0.498. The summed E-state index contributed by atoms with van der Waals surface area (Å²) in [5, 5.41) is 0. The molecule has 8 nitrogen and oxygen atoms in total. The van der Waals surface area contributed by atoms with E-state index in [9.17, 15) is 0 Å². The van der Waals surface area contributed by atoms with Gasteiger partial charge in [-0.05, 0) is 24.1 Å². The Kier molecular flexibility index (Phi) is 3.78. The van der Waals surface area contributed by atoms with Crippen molar-refractivity contribution < 1.29 is 0 Å². The highest BCUT2D eigenvalue weighted by molar-refractivity contribution is 7.96. The first-order valence-corrected chi connectivity index (χ1v) is 15.3. The summed E-state index contributed by atoms with van der Waals surface area (Å²) in [6.45, 7) is 8.84. The van der Waals surface area contributed by atoms with E-state index in [2.05, 4.69) is 23.4 Å². The third-order valence-electron chi connectivity index (χ3n) is 5.61. The molecule has 0 saturated carbocycles. The molecule has 6 rings (SSSR count). The van der Waals surface area contributed by atoms with Crippen LogP contribution in [-0.4, -0.2) is 88.8 Å². The second-order valence-electron chi connectivity index (χ2n) is 7.67. The van der Waals surface area contributed by atoms with Crippen molar-refractivity contribution in [1.82, 2.24) is 23.4 Å². The van der Waals surface area contributed by atoms with Gasteiger partial charge >= 0.3 is 0 Å². The summed E-state index contributed by atoms with van der Waals surface area (Å²) in [4.78, 5) is 0. The van der Waals surface area contributed by atoms with Gasteiger partial charge in [0.25, 0.3) is 0 Å². The highest BCUT2D eigenvalue weighted by Gasteiger charge is 2.56. The van der Waals surface area contributed by atoms with E-state index in [1.54, 1.807) is 0 Å². The van der Waals surface area contributed by atoms with Gasteiger partial charge in [-0.2, -0.15) is 13.5 Å². The second-order valence-corrected chi connectivity index (χ2v) is 17.1. The Hall–Kier alpha value is 0.780. The highest BCUT2D eigenvalue weighted by atomic mass is 35.7. The van der Waals surface area contributed by atoms with E-state index in [-0.39, 0.29) is 0 Å². The van der Waals surface area contributed by atoms with Crippen LogP contribution in [0.3, 0.4) is 0 Å². The predicted octanol–water partition coefficient (Wildman–Crippen LogP) is 3.83. The number of nitrogens with zero attached hydrogens (tertiary/aromatic N) is 8. The van der Waals surface area contributed by atoms with Crippen LogP contribution in [0, 0.1) is 0 Å². The zero-order valence-corrected chi connectivity index (χ0v) is 17.9. The zero-order valence-electron chi connectivity index (χ0n) is 14.5. The highest BCUT2D eigenvalue weighted by Crippen LogP contribution is 2.87. The minimum Gasteiger partial charge on any atom is -0.240 e. The van der Waals surface area contributed by atoms with Gasteiger partial charge < -0.3 is 0 Å². The van der Waals surface area contributed by atoms with Gasteiger partial charge in [-0.25, -0.2) is 23.4 Å². The summed E-state index contributed by atoms with van der Waals surface area (Å²) in [6.07, 6.45) is 3.78. The Morgan fingerprint density at radius 3 is 1.36 bits per heavy atom. The van der Waals surface area contributed by atoms with E-state index in [1.165, 1.54) is 19.3 Å². The topological polar surface area (TPSA) is 52.4 Å². The van der Waals surface area contributed by atoms with Crippen molar-refractivity contribution >= 4 is 33.0 Å². The van der Waals surface area contributed by atoms with Gasteiger partial charge in [-0.15, -0.1) is 0 Å². The van der Waals surface area contributed by atoms with Crippen LogP contribution < -0.4 is 0 Å². The second kappa shape index (κ2) is 5.65. The van der Waals surface area contributed by atoms with Crippen molar-refractivity contribution in [2.75, 3.05) is 65.4 Å². The molecule has 0 aromatic heterocycles. The molecule has 0 spiro atoms. The molecule has 5 saturated heterocycles. The van der Waals surface area contributed by atoms with Crippen molar-refractivity contribution in [3.63, 3.8) is 0 Å². The summed E-state index contributed by atoms with van der Waals surface area (Å²) in [5.41, 5.74) is 0. The first-order valence-electron chi connectivity index (χ1n) is 9.53. The van der Waals surface area contributed by atoms with Crippen LogP contribution in [0.1, 0.15) is 19.3 Å². The third-order valence-corrected chi connectivity index (χ3v) is 18.9. The summed E-state index contributed by atoms with van der Waals surface area (Å²) in [5.74, 6) is 0. The minimum atomic E-state index is -2.34. The molecule has 0 amide bonds. The van der Waals surface area contributed by atoms with Crippen molar-refractivity contribution in [2.24, 2.45) is 13.5 Å². The lowest BCUT2D eigenvalue weighted by Crippen LogP contribution is -2.26. The molecule has 0 bridgehead atoms. The Bertz CT molecular complexity index is 702. The number of rotatable bonds is 5. The monoisotopic (exact) mass is 422 g/mol. The van der Waals surface area contributed by atoms with Crippen LogP contribution in [0.5, 0.6) is 0 Å². The van der Waals surface area contributed by atoms with Gasteiger partial charge in [0.15, 0.2) is 0 Å². The fraction of sp³-hybridized carbons (Fsp3) is 1.00. The molecule has 12 heteroatoms. The largest absolute Gasteiger partial charge is 0.240 e. The van der Waals surface area contributed by atoms with Crippen molar-refractivity contribution in [2.45, 2.75) is 19.3 Å². The Morgan fingerprint density at radius 1 is 0.480 bits per heavy atom. The third kappa shape index (κ3) is 2.72. The molecule has 0 aromatic carbocycles. The maximum absolute atomic E-state index is 7.40. The first kappa shape index (κ1) is 16.7. The molecular formula is C13H26ClN8P3. The van der Waals surface area contributed by atoms with Crippen LogP contribution in [0.4, 0.5) is 0 Å². The lowest BCUT2D eigenvalue weighted by atomic mass is 10.2. The SMILES string of the molecule is ClP1(N2CCCCC2)=NP(N2CC2)(N2CC2)=NP(N2CC2)(N2CC2)=N1. The van der Waals surface area contributed by atoms with Crippen LogP contribution in [-0.2, 0) is 0 Å². The molecule has 1 atom stereocenters. The molecule has 1 unspecified atom stereocenters. The maximum Gasteiger partial charge on any atom is 0.239 e. The fourth-order valence-corrected chi connectivity index (χ4v) is 19.6. The molecule has 5 fully saturated rings.